The fraction of sp³-hybridized carbons (Fsp3) is 0.0345. The molecule has 0 bridgehead atoms. The first-order chi connectivity index (χ1) is 17.3. The summed E-state index contributed by atoms with van der Waals surface area (Å²) in [5.74, 6) is -0.224. The Balaban J connectivity index is 1.58. The third-order valence-corrected chi connectivity index (χ3v) is 7.04. The molecule has 0 amide bonds. The van der Waals surface area contributed by atoms with E-state index in [-0.39, 0.29) is 5.78 Å². The third kappa shape index (κ3) is 3.47. The van der Waals surface area contributed by atoms with Crippen molar-refractivity contribution in [2.24, 2.45) is 0 Å². The molecule has 3 aromatic carbocycles. The molecule has 0 saturated carbocycles. The van der Waals surface area contributed by atoms with Crippen molar-refractivity contribution in [1.82, 2.24) is 18.9 Å². The summed E-state index contributed by atoms with van der Waals surface area (Å²) >= 11 is 1.35. The van der Waals surface area contributed by atoms with Gasteiger partial charge in [-0.05, 0) is 34.3 Å². The van der Waals surface area contributed by atoms with Crippen LogP contribution in [0.15, 0.2) is 122 Å². The minimum atomic E-state index is -0.724. The van der Waals surface area contributed by atoms with Crippen molar-refractivity contribution >= 4 is 27.4 Å². The Morgan fingerprint density at radius 3 is 1.89 bits per heavy atom. The zero-order valence-electron chi connectivity index (χ0n) is 18.7. The number of benzene rings is 3. The van der Waals surface area contributed by atoms with E-state index in [1.165, 1.54) is 11.5 Å². The Bertz CT molecular complexity index is 1510. The number of hydrogen-bond donors (Lipinski definition) is 0. The number of fused-ring (bicyclic) bond motifs is 1. The second-order valence-electron chi connectivity index (χ2n) is 8.20. The van der Waals surface area contributed by atoms with Gasteiger partial charge in [-0.15, -0.1) is 0 Å². The maximum Gasteiger partial charge on any atom is 0.231 e. The predicted molar refractivity (Wildman–Crippen MR) is 138 cm³/mol. The summed E-state index contributed by atoms with van der Waals surface area (Å²) in [7, 11) is 0. The van der Waals surface area contributed by atoms with Crippen LogP contribution in [0.25, 0.3) is 10.1 Å². The van der Waals surface area contributed by atoms with Gasteiger partial charge in [-0.25, -0.2) is 4.98 Å². The second-order valence-corrected chi connectivity index (χ2v) is 9.03. The average Bonchev–Trinajstić information content (AvgIpc) is 3.61. The number of rotatable bonds is 6. The number of carbonyl (C=O) groups excluding carboxylic acids is 1. The smallest absolute Gasteiger partial charge is 0.231 e. The highest BCUT2D eigenvalue weighted by Crippen LogP contribution is 2.40. The maximum atomic E-state index is 13.5. The predicted octanol–water partition coefficient (Wildman–Crippen LogP) is 5.96. The normalized spacial score (nSPS) is 11.5. The standard InChI is InChI=1S/C29H20N4OS/c34-28(27-24-18-32-35-26(24)16-17-30-27)25-19-33(20-31-25)29(21-10-4-1-5-11-21,22-12-6-2-7-13-22)23-14-8-3-9-15-23/h1-20H. The molecule has 0 unspecified atom stereocenters. The van der Waals surface area contributed by atoms with E-state index in [0.717, 1.165) is 26.8 Å². The Labute approximate surface area is 206 Å². The van der Waals surface area contributed by atoms with Gasteiger partial charge in [0.1, 0.15) is 16.9 Å². The fourth-order valence-corrected chi connectivity index (χ4v) is 5.35. The molecule has 6 heteroatoms. The number of aromatic nitrogens is 4. The molecule has 6 aromatic rings. The number of imidazole rings is 1. The highest BCUT2D eigenvalue weighted by molar-refractivity contribution is 7.13. The van der Waals surface area contributed by atoms with Crippen LogP contribution in [0.1, 0.15) is 32.9 Å². The van der Waals surface area contributed by atoms with Crippen molar-refractivity contribution in [2.75, 3.05) is 0 Å². The van der Waals surface area contributed by atoms with Crippen LogP contribution in [0.5, 0.6) is 0 Å². The van der Waals surface area contributed by atoms with Gasteiger partial charge < -0.3 is 4.57 Å². The van der Waals surface area contributed by atoms with Crippen LogP contribution in [0.2, 0.25) is 0 Å². The molecule has 6 rings (SSSR count). The van der Waals surface area contributed by atoms with Gasteiger partial charge in [0.15, 0.2) is 0 Å². The Hall–Kier alpha value is -4.42. The zero-order valence-corrected chi connectivity index (χ0v) is 19.5. The highest BCUT2D eigenvalue weighted by Gasteiger charge is 2.38. The van der Waals surface area contributed by atoms with Crippen LogP contribution in [-0.2, 0) is 5.54 Å². The minimum absolute atomic E-state index is 0.224. The average molecular weight is 473 g/mol. The van der Waals surface area contributed by atoms with E-state index >= 15 is 0 Å². The van der Waals surface area contributed by atoms with E-state index in [1.54, 1.807) is 18.7 Å². The number of pyridine rings is 1. The van der Waals surface area contributed by atoms with Crippen molar-refractivity contribution < 1.29 is 4.79 Å². The van der Waals surface area contributed by atoms with E-state index in [0.29, 0.717) is 11.4 Å². The lowest BCUT2D eigenvalue weighted by atomic mass is 9.77. The number of nitrogens with zero attached hydrogens (tertiary/aromatic N) is 4. The van der Waals surface area contributed by atoms with Gasteiger partial charge in [0, 0.05) is 17.8 Å². The summed E-state index contributed by atoms with van der Waals surface area (Å²) in [4.78, 5) is 22.5. The molecule has 0 spiro atoms. The SMILES string of the molecule is O=C(c1cn(C(c2ccccc2)(c2ccccc2)c2ccccc2)cn1)c1nccc2sncc12. The Morgan fingerprint density at radius 1 is 0.743 bits per heavy atom. The molecule has 5 nitrogen and oxygen atoms in total. The topological polar surface area (TPSA) is 60.7 Å². The van der Waals surface area contributed by atoms with Gasteiger partial charge in [-0.2, -0.15) is 4.37 Å². The van der Waals surface area contributed by atoms with Crippen molar-refractivity contribution in [3.05, 3.63) is 150 Å². The van der Waals surface area contributed by atoms with Gasteiger partial charge in [-0.3, -0.25) is 9.78 Å². The van der Waals surface area contributed by atoms with Crippen molar-refractivity contribution in [3.63, 3.8) is 0 Å². The monoisotopic (exact) mass is 472 g/mol. The quantitative estimate of drug-likeness (QED) is 0.222. The van der Waals surface area contributed by atoms with Gasteiger partial charge >= 0.3 is 0 Å². The molecule has 0 aliphatic rings. The second kappa shape index (κ2) is 8.74. The molecular weight excluding hydrogens is 452 g/mol. The summed E-state index contributed by atoms with van der Waals surface area (Å²) in [6.07, 6.45) is 6.91. The van der Waals surface area contributed by atoms with E-state index < -0.39 is 5.54 Å². The van der Waals surface area contributed by atoms with Gasteiger partial charge in [-0.1, -0.05) is 91.0 Å². The highest BCUT2D eigenvalue weighted by atomic mass is 32.1. The molecule has 0 aliphatic heterocycles. The van der Waals surface area contributed by atoms with Crippen LogP contribution in [0, 0.1) is 0 Å². The molecule has 0 saturated heterocycles. The molecule has 3 aromatic heterocycles. The van der Waals surface area contributed by atoms with Gasteiger partial charge in [0.25, 0.3) is 0 Å². The lowest BCUT2D eigenvalue weighted by molar-refractivity contribution is 0.103. The lowest BCUT2D eigenvalue weighted by Crippen LogP contribution is -2.37. The Kier molecular flexibility index (Phi) is 5.28. The molecular formula is C29H20N4OS. The first-order valence-corrected chi connectivity index (χ1v) is 12.0. The number of ketones is 1. The molecule has 168 valence electrons. The fourth-order valence-electron chi connectivity index (χ4n) is 4.71. The van der Waals surface area contributed by atoms with Crippen LogP contribution in [0.4, 0.5) is 0 Å². The van der Waals surface area contributed by atoms with E-state index in [4.69, 9.17) is 0 Å². The summed E-state index contributed by atoms with van der Waals surface area (Å²) in [6, 6.07) is 32.8. The first kappa shape index (κ1) is 21.1. The minimum Gasteiger partial charge on any atom is -0.318 e. The lowest BCUT2D eigenvalue weighted by Gasteiger charge is -2.37. The molecule has 35 heavy (non-hydrogen) atoms. The van der Waals surface area contributed by atoms with E-state index in [2.05, 4.69) is 50.7 Å². The number of hydrogen-bond acceptors (Lipinski definition) is 5. The van der Waals surface area contributed by atoms with Crippen molar-refractivity contribution in [1.29, 1.82) is 0 Å². The van der Waals surface area contributed by atoms with Crippen LogP contribution < -0.4 is 0 Å². The van der Waals surface area contributed by atoms with Crippen molar-refractivity contribution in [2.45, 2.75) is 5.54 Å². The van der Waals surface area contributed by atoms with Gasteiger partial charge in [0.2, 0.25) is 5.78 Å². The molecule has 0 atom stereocenters. The summed E-state index contributed by atoms with van der Waals surface area (Å²) in [6.45, 7) is 0. The number of carbonyl (C=O) groups is 1. The maximum absolute atomic E-state index is 13.5. The van der Waals surface area contributed by atoms with E-state index in [9.17, 15) is 4.79 Å². The summed E-state index contributed by atoms with van der Waals surface area (Å²) in [5.41, 5.74) is 3.18. The van der Waals surface area contributed by atoms with E-state index in [1.807, 2.05) is 71.4 Å². The molecule has 0 N–H and O–H groups in total. The summed E-state index contributed by atoms with van der Waals surface area (Å²) < 4.78 is 7.19. The Morgan fingerprint density at radius 2 is 1.31 bits per heavy atom. The molecule has 0 aliphatic carbocycles. The van der Waals surface area contributed by atoms with Crippen molar-refractivity contribution in [3.8, 4) is 0 Å². The largest absolute Gasteiger partial charge is 0.318 e. The van der Waals surface area contributed by atoms with Crippen LogP contribution in [-0.4, -0.2) is 24.7 Å². The first-order valence-electron chi connectivity index (χ1n) is 11.2. The molecule has 0 fully saturated rings. The van der Waals surface area contributed by atoms with Crippen LogP contribution in [0.3, 0.4) is 0 Å². The van der Waals surface area contributed by atoms with Crippen LogP contribution >= 0.6 is 11.5 Å². The van der Waals surface area contributed by atoms with Gasteiger partial charge in [0.05, 0.1) is 17.2 Å². The third-order valence-electron chi connectivity index (χ3n) is 6.28. The molecule has 3 heterocycles. The summed E-state index contributed by atoms with van der Waals surface area (Å²) in [5, 5.41) is 0.748. The zero-order chi connectivity index (χ0) is 23.7. The molecule has 0 radical (unpaired) electrons.